The van der Waals surface area contributed by atoms with Crippen LogP contribution in [0.2, 0.25) is 0 Å². The third-order valence-electron chi connectivity index (χ3n) is 3.32. The van der Waals surface area contributed by atoms with Crippen LogP contribution in [0, 0.1) is 0 Å². The molecule has 5 nitrogen and oxygen atoms in total. The van der Waals surface area contributed by atoms with Gasteiger partial charge >= 0.3 is 5.97 Å². The largest absolute Gasteiger partial charge is 0.460 e. The van der Waals surface area contributed by atoms with E-state index in [9.17, 15) is 9.59 Å². The minimum absolute atomic E-state index is 0.0729. The van der Waals surface area contributed by atoms with Crippen molar-refractivity contribution in [1.82, 2.24) is 4.98 Å². The quantitative estimate of drug-likeness (QED) is 0.812. The van der Waals surface area contributed by atoms with Gasteiger partial charge in [0.15, 0.2) is 0 Å². The van der Waals surface area contributed by atoms with Crippen molar-refractivity contribution in [2.24, 2.45) is 0 Å². The molecule has 0 aliphatic rings. The van der Waals surface area contributed by atoms with Crippen LogP contribution in [0.5, 0.6) is 0 Å². The lowest BCUT2D eigenvalue weighted by Gasteiger charge is -2.21. The molecule has 1 amide bonds. The molecule has 5 heteroatoms. The van der Waals surface area contributed by atoms with Gasteiger partial charge in [0.2, 0.25) is 5.91 Å². The number of carbonyl (C=O) groups excluding carboxylic acids is 2. The van der Waals surface area contributed by atoms with Crippen molar-refractivity contribution in [1.29, 1.82) is 0 Å². The van der Waals surface area contributed by atoms with Crippen LogP contribution in [-0.2, 0) is 14.3 Å². The van der Waals surface area contributed by atoms with Crippen LogP contribution >= 0.6 is 0 Å². The van der Waals surface area contributed by atoms with Gasteiger partial charge in [0, 0.05) is 25.1 Å². The van der Waals surface area contributed by atoms with Crippen molar-refractivity contribution in [2.45, 2.75) is 39.2 Å². The maximum atomic E-state index is 12.4. The molecule has 0 N–H and O–H groups in total. The van der Waals surface area contributed by atoms with Crippen molar-refractivity contribution >= 4 is 28.5 Å². The molecule has 0 spiro atoms. The summed E-state index contributed by atoms with van der Waals surface area (Å²) in [6, 6.07) is 9.40. The van der Waals surface area contributed by atoms with E-state index in [0.29, 0.717) is 0 Å². The van der Waals surface area contributed by atoms with E-state index in [4.69, 9.17) is 4.74 Å². The van der Waals surface area contributed by atoms with E-state index in [0.717, 1.165) is 16.6 Å². The number of hydrogen-bond donors (Lipinski definition) is 0. The van der Waals surface area contributed by atoms with Crippen molar-refractivity contribution in [2.75, 3.05) is 11.9 Å². The molecule has 0 saturated carbocycles. The van der Waals surface area contributed by atoms with E-state index >= 15 is 0 Å². The van der Waals surface area contributed by atoms with Crippen molar-refractivity contribution < 1.29 is 14.3 Å². The Labute approximate surface area is 136 Å². The number of anilines is 1. The monoisotopic (exact) mass is 314 g/mol. The summed E-state index contributed by atoms with van der Waals surface area (Å²) in [6.45, 7) is 5.42. The first kappa shape index (κ1) is 16.9. The van der Waals surface area contributed by atoms with Gasteiger partial charge in [-0.3, -0.25) is 14.6 Å². The van der Waals surface area contributed by atoms with E-state index in [1.807, 2.05) is 51.1 Å². The lowest BCUT2D eigenvalue weighted by Crippen LogP contribution is -2.28. The molecule has 2 aromatic rings. The molecule has 1 aromatic carbocycles. The number of benzene rings is 1. The second-order valence-electron chi connectivity index (χ2n) is 6.39. The van der Waals surface area contributed by atoms with Crippen LogP contribution < -0.4 is 4.90 Å². The molecular weight excluding hydrogens is 292 g/mol. The maximum absolute atomic E-state index is 12.4. The zero-order valence-corrected chi connectivity index (χ0v) is 14.0. The van der Waals surface area contributed by atoms with Crippen LogP contribution in [0.25, 0.3) is 10.9 Å². The summed E-state index contributed by atoms with van der Waals surface area (Å²) in [5, 5.41) is 0.906. The zero-order valence-electron chi connectivity index (χ0n) is 14.0. The van der Waals surface area contributed by atoms with E-state index < -0.39 is 5.60 Å². The van der Waals surface area contributed by atoms with E-state index in [1.54, 1.807) is 18.1 Å². The smallest absolute Gasteiger partial charge is 0.306 e. The summed E-state index contributed by atoms with van der Waals surface area (Å²) in [5.74, 6) is -0.494. The Bertz CT molecular complexity index is 714. The maximum Gasteiger partial charge on any atom is 0.306 e. The first-order valence-electron chi connectivity index (χ1n) is 7.60. The van der Waals surface area contributed by atoms with Gasteiger partial charge in [-0.05, 0) is 45.0 Å². The zero-order chi connectivity index (χ0) is 17.0. The van der Waals surface area contributed by atoms with Gasteiger partial charge in [0.25, 0.3) is 0 Å². The number of pyridine rings is 1. The molecule has 2 rings (SSSR count). The van der Waals surface area contributed by atoms with E-state index in [1.165, 1.54) is 0 Å². The number of fused-ring (bicyclic) bond motifs is 1. The molecule has 0 aliphatic heterocycles. The normalized spacial score (nSPS) is 11.3. The summed E-state index contributed by atoms with van der Waals surface area (Å²) < 4.78 is 5.22. The predicted molar refractivity (Wildman–Crippen MR) is 90.2 cm³/mol. The lowest BCUT2D eigenvalue weighted by molar-refractivity contribution is -0.155. The van der Waals surface area contributed by atoms with Crippen LogP contribution in [-0.4, -0.2) is 29.5 Å². The van der Waals surface area contributed by atoms with Gasteiger partial charge in [-0.25, -0.2) is 0 Å². The Morgan fingerprint density at radius 3 is 2.57 bits per heavy atom. The molecule has 0 saturated heterocycles. The molecule has 1 heterocycles. The van der Waals surface area contributed by atoms with Crippen molar-refractivity contribution in [3.05, 3.63) is 36.5 Å². The highest BCUT2D eigenvalue weighted by atomic mass is 16.6. The number of aromatic nitrogens is 1. The Morgan fingerprint density at radius 1 is 1.13 bits per heavy atom. The summed E-state index contributed by atoms with van der Waals surface area (Å²) in [5.41, 5.74) is 1.08. The Kier molecular flexibility index (Phi) is 4.98. The van der Waals surface area contributed by atoms with Gasteiger partial charge in [0.05, 0.1) is 17.6 Å². The van der Waals surface area contributed by atoms with Crippen molar-refractivity contribution in [3.63, 3.8) is 0 Å². The topological polar surface area (TPSA) is 59.5 Å². The van der Waals surface area contributed by atoms with Gasteiger partial charge < -0.3 is 9.64 Å². The first-order chi connectivity index (χ1) is 10.8. The van der Waals surface area contributed by atoms with Gasteiger partial charge in [-0.2, -0.15) is 0 Å². The number of rotatable bonds is 4. The third kappa shape index (κ3) is 4.52. The minimum Gasteiger partial charge on any atom is -0.460 e. The van der Waals surface area contributed by atoms with Crippen molar-refractivity contribution in [3.8, 4) is 0 Å². The van der Waals surface area contributed by atoms with E-state index in [-0.39, 0.29) is 24.7 Å². The minimum atomic E-state index is -0.534. The molecule has 1 aromatic heterocycles. The lowest BCUT2D eigenvalue weighted by atomic mass is 10.1. The molecule has 0 atom stereocenters. The average molecular weight is 314 g/mol. The predicted octanol–water partition coefficient (Wildman–Crippen LogP) is 3.32. The Hall–Kier alpha value is -2.43. The summed E-state index contributed by atoms with van der Waals surface area (Å²) in [7, 11) is 1.71. The third-order valence-corrected chi connectivity index (χ3v) is 3.32. The molecule has 23 heavy (non-hydrogen) atoms. The fraction of sp³-hybridized carbons (Fsp3) is 0.389. The summed E-state index contributed by atoms with van der Waals surface area (Å²) in [4.78, 5) is 29.9. The second-order valence-corrected chi connectivity index (χ2v) is 6.39. The summed E-state index contributed by atoms with van der Waals surface area (Å²) >= 11 is 0. The molecule has 0 aliphatic carbocycles. The number of ether oxygens (including phenoxy) is 1. The van der Waals surface area contributed by atoms with Crippen LogP contribution in [0.4, 0.5) is 5.69 Å². The Morgan fingerprint density at radius 2 is 1.87 bits per heavy atom. The van der Waals surface area contributed by atoms with E-state index in [2.05, 4.69) is 4.98 Å². The molecule has 122 valence electrons. The van der Waals surface area contributed by atoms with Gasteiger partial charge in [-0.15, -0.1) is 0 Å². The SMILES string of the molecule is CN(C(=O)CCC(=O)OC(C)(C)C)c1cccc2ncccc12. The first-order valence-corrected chi connectivity index (χ1v) is 7.60. The molecule has 0 radical (unpaired) electrons. The average Bonchev–Trinajstić information content (AvgIpc) is 2.49. The number of carbonyl (C=O) groups is 2. The number of amides is 1. The van der Waals surface area contributed by atoms with Crippen LogP contribution in [0.15, 0.2) is 36.5 Å². The molecular formula is C18H22N2O3. The molecule has 0 bridgehead atoms. The number of esters is 1. The fourth-order valence-corrected chi connectivity index (χ4v) is 2.28. The summed E-state index contributed by atoms with van der Waals surface area (Å²) in [6.07, 6.45) is 1.90. The molecule has 0 fully saturated rings. The Balaban J connectivity index is 2.06. The number of hydrogen-bond acceptors (Lipinski definition) is 4. The number of nitrogens with zero attached hydrogens (tertiary/aromatic N) is 2. The molecule has 0 unspecified atom stereocenters. The highest BCUT2D eigenvalue weighted by Crippen LogP contribution is 2.25. The highest BCUT2D eigenvalue weighted by molar-refractivity contribution is 6.02. The standard InChI is InChI=1S/C18H22N2O3/c1-18(2,3)23-17(22)11-10-16(21)20(4)15-9-5-8-14-13(15)7-6-12-19-14/h5-9,12H,10-11H2,1-4H3. The van der Waals surface area contributed by atoms with Crippen LogP contribution in [0.3, 0.4) is 0 Å². The van der Waals surface area contributed by atoms with Gasteiger partial charge in [-0.1, -0.05) is 6.07 Å². The highest BCUT2D eigenvalue weighted by Gasteiger charge is 2.19. The van der Waals surface area contributed by atoms with Crippen LogP contribution in [0.1, 0.15) is 33.6 Å². The van der Waals surface area contributed by atoms with Gasteiger partial charge in [0.1, 0.15) is 5.60 Å². The fourth-order valence-electron chi connectivity index (χ4n) is 2.28. The second kappa shape index (κ2) is 6.77.